The molecule has 3 amide bonds. The fourth-order valence-electron chi connectivity index (χ4n) is 2.22. The molecule has 0 bridgehead atoms. The standard InChI is InChI=1S/C15H27N9O5.CH4/c1-7(26)10(6-25)22-15(28)21-9(5-11(17)27)13-23-12(24-29-13)8(16)3-2-4-20-14(18)19;/h8-10,25H,2-6,16H2,1H3,(H2,17,27)(H4,18,19,20)(H2,21,22,28);1H4/t8-,9-,10-;/m0./s1. The van der Waals surface area contributed by atoms with Crippen LogP contribution in [0.3, 0.4) is 0 Å². The van der Waals surface area contributed by atoms with E-state index in [1.807, 2.05) is 0 Å². The predicted molar refractivity (Wildman–Crippen MR) is 108 cm³/mol. The maximum absolute atomic E-state index is 12.1. The van der Waals surface area contributed by atoms with Crippen molar-refractivity contribution < 1.29 is 24.0 Å². The van der Waals surface area contributed by atoms with Crippen molar-refractivity contribution in [2.24, 2.45) is 27.9 Å². The third-order valence-electron chi connectivity index (χ3n) is 3.74. The van der Waals surface area contributed by atoms with Crippen LogP contribution in [-0.2, 0) is 9.59 Å². The molecule has 1 aromatic heterocycles. The lowest BCUT2D eigenvalue weighted by Crippen LogP contribution is -2.48. The number of nitrogens with zero attached hydrogens (tertiary/aromatic N) is 3. The molecule has 11 N–H and O–H groups in total. The van der Waals surface area contributed by atoms with Gasteiger partial charge in [-0.3, -0.25) is 14.6 Å². The van der Waals surface area contributed by atoms with Crippen LogP contribution in [0.1, 0.15) is 57.4 Å². The Hall–Kier alpha value is -3.26. The molecule has 0 saturated heterocycles. The van der Waals surface area contributed by atoms with E-state index in [1.165, 1.54) is 6.92 Å². The van der Waals surface area contributed by atoms with E-state index in [0.717, 1.165) is 0 Å². The highest BCUT2D eigenvalue weighted by Crippen LogP contribution is 2.18. The molecule has 1 aromatic rings. The highest BCUT2D eigenvalue weighted by molar-refractivity contribution is 5.87. The number of aliphatic hydroxyl groups is 1. The average molecular weight is 429 g/mol. The van der Waals surface area contributed by atoms with Gasteiger partial charge in [0, 0.05) is 6.54 Å². The van der Waals surface area contributed by atoms with Gasteiger partial charge in [-0.05, 0) is 19.8 Å². The summed E-state index contributed by atoms with van der Waals surface area (Å²) in [5.41, 5.74) is 21.7. The maximum atomic E-state index is 12.1. The Bertz CT molecular complexity index is 732. The number of primary amides is 1. The summed E-state index contributed by atoms with van der Waals surface area (Å²) in [5.74, 6) is -1.12. The first kappa shape index (κ1) is 26.7. The van der Waals surface area contributed by atoms with Gasteiger partial charge in [0.15, 0.2) is 17.6 Å². The number of aliphatic hydroxyl groups excluding tert-OH is 1. The minimum absolute atomic E-state index is 0. The summed E-state index contributed by atoms with van der Waals surface area (Å²) in [4.78, 5) is 42.7. The summed E-state index contributed by atoms with van der Waals surface area (Å²) >= 11 is 0. The molecule has 30 heavy (non-hydrogen) atoms. The van der Waals surface area contributed by atoms with Crippen LogP contribution in [0.2, 0.25) is 0 Å². The third-order valence-corrected chi connectivity index (χ3v) is 3.74. The molecule has 0 aromatic carbocycles. The second-order valence-electron chi connectivity index (χ2n) is 6.23. The number of carbonyl (C=O) groups is 3. The number of aliphatic imine (C=N–C) groups is 1. The fourth-order valence-corrected chi connectivity index (χ4v) is 2.22. The molecule has 1 heterocycles. The number of hydrogen-bond donors (Lipinski definition) is 7. The van der Waals surface area contributed by atoms with Gasteiger partial charge in [0.25, 0.3) is 0 Å². The molecule has 3 atom stereocenters. The number of hydrogen-bond acceptors (Lipinski definition) is 9. The third kappa shape index (κ3) is 9.29. The normalized spacial score (nSPS) is 13.3. The lowest BCUT2D eigenvalue weighted by molar-refractivity contribution is -0.120. The maximum Gasteiger partial charge on any atom is 0.316 e. The summed E-state index contributed by atoms with van der Waals surface area (Å²) in [6.07, 6.45) is 0.696. The first-order valence-corrected chi connectivity index (χ1v) is 8.75. The van der Waals surface area contributed by atoms with Gasteiger partial charge in [-0.1, -0.05) is 12.6 Å². The molecule has 0 unspecified atom stereocenters. The second kappa shape index (κ2) is 13.1. The number of rotatable bonds is 12. The number of carbonyl (C=O) groups excluding carboxylic acids is 3. The molecule has 1 rings (SSSR count). The summed E-state index contributed by atoms with van der Waals surface area (Å²) in [7, 11) is 0. The highest BCUT2D eigenvalue weighted by atomic mass is 16.5. The number of nitrogens with two attached hydrogens (primary N) is 4. The zero-order chi connectivity index (χ0) is 22.0. The molecule has 14 nitrogen and oxygen atoms in total. The minimum Gasteiger partial charge on any atom is -0.394 e. The van der Waals surface area contributed by atoms with E-state index >= 15 is 0 Å². The average Bonchev–Trinajstić information content (AvgIpc) is 3.12. The van der Waals surface area contributed by atoms with E-state index in [1.54, 1.807) is 0 Å². The molecule has 170 valence electrons. The monoisotopic (exact) mass is 429 g/mol. The van der Waals surface area contributed by atoms with Crippen molar-refractivity contribution in [3.8, 4) is 0 Å². The number of nitrogens with one attached hydrogen (secondary N) is 2. The Labute approximate surface area is 173 Å². The van der Waals surface area contributed by atoms with E-state index in [2.05, 4.69) is 25.8 Å². The van der Waals surface area contributed by atoms with Crippen LogP contribution in [0.25, 0.3) is 0 Å². The van der Waals surface area contributed by atoms with E-state index in [4.69, 9.17) is 32.6 Å². The van der Waals surface area contributed by atoms with E-state index in [9.17, 15) is 14.4 Å². The zero-order valence-electron chi connectivity index (χ0n) is 16.0. The summed E-state index contributed by atoms with van der Waals surface area (Å²) in [5, 5.41) is 17.5. The van der Waals surface area contributed by atoms with Gasteiger partial charge in [0.1, 0.15) is 12.1 Å². The summed E-state index contributed by atoms with van der Waals surface area (Å²) in [6, 6.07) is -3.55. The molecular weight excluding hydrogens is 398 g/mol. The van der Waals surface area contributed by atoms with Crippen molar-refractivity contribution in [2.75, 3.05) is 13.2 Å². The second-order valence-corrected chi connectivity index (χ2v) is 6.23. The Balaban J connectivity index is 0.00000841. The largest absolute Gasteiger partial charge is 0.394 e. The molecule has 0 fully saturated rings. The molecule has 0 radical (unpaired) electrons. The quantitative estimate of drug-likeness (QED) is 0.108. The fraction of sp³-hybridized carbons (Fsp3) is 0.625. The summed E-state index contributed by atoms with van der Waals surface area (Å²) in [6.45, 7) is 1.01. The molecule has 14 heteroatoms. The van der Waals surface area contributed by atoms with Gasteiger partial charge in [0.05, 0.1) is 19.1 Å². The van der Waals surface area contributed by atoms with Crippen LogP contribution < -0.4 is 33.6 Å². The number of Topliss-reactive ketones (excluding diaryl/α,β-unsaturated/α-hetero) is 1. The van der Waals surface area contributed by atoms with E-state index < -0.39 is 42.5 Å². The predicted octanol–water partition coefficient (Wildman–Crippen LogP) is -2.08. The molecule has 0 saturated carbocycles. The number of ketones is 1. The first-order valence-electron chi connectivity index (χ1n) is 8.75. The first-order chi connectivity index (χ1) is 13.6. The van der Waals surface area contributed by atoms with Gasteiger partial charge in [-0.25, -0.2) is 4.79 Å². The van der Waals surface area contributed by atoms with Crippen molar-refractivity contribution >= 4 is 23.7 Å². The Kier molecular flexibility index (Phi) is 11.6. The summed E-state index contributed by atoms with van der Waals surface area (Å²) < 4.78 is 5.10. The zero-order valence-corrected chi connectivity index (χ0v) is 16.0. The Morgan fingerprint density at radius 1 is 1.23 bits per heavy atom. The van der Waals surface area contributed by atoms with Crippen LogP contribution in [0.5, 0.6) is 0 Å². The van der Waals surface area contributed by atoms with Gasteiger partial charge in [-0.2, -0.15) is 4.98 Å². The molecular formula is C16H31N9O5. The lowest BCUT2D eigenvalue weighted by atomic mass is 10.1. The van der Waals surface area contributed by atoms with Crippen LogP contribution in [0, 0.1) is 0 Å². The highest BCUT2D eigenvalue weighted by Gasteiger charge is 2.26. The van der Waals surface area contributed by atoms with E-state index in [0.29, 0.717) is 19.4 Å². The van der Waals surface area contributed by atoms with Gasteiger partial charge in [-0.15, -0.1) is 0 Å². The SMILES string of the molecule is C.CC(=O)[C@H](CO)NC(=O)N[C@@H](CC(N)=O)c1nc([C@@H](N)CCCN=C(N)N)no1. The molecule has 0 aliphatic carbocycles. The Morgan fingerprint density at radius 3 is 2.43 bits per heavy atom. The van der Waals surface area contributed by atoms with Crippen LogP contribution in [0.4, 0.5) is 4.79 Å². The number of guanidine groups is 1. The number of aromatic nitrogens is 2. The van der Waals surface area contributed by atoms with Gasteiger partial charge >= 0.3 is 6.03 Å². The van der Waals surface area contributed by atoms with Crippen molar-refractivity contribution in [1.82, 2.24) is 20.8 Å². The van der Waals surface area contributed by atoms with Crippen LogP contribution in [-0.4, -0.2) is 58.1 Å². The van der Waals surface area contributed by atoms with Gasteiger partial charge < -0.3 is 43.2 Å². The molecule has 0 aliphatic rings. The number of amides is 3. The Morgan fingerprint density at radius 2 is 1.90 bits per heavy atom. The molecule has 0 aliphatic heterocycles. The van der Waals surface area contributed by atoms with Gasteiger partial charge in [0.2, 0.25) is 11.8 Å². The molecule has 0 spiro atoms. The topological polar surface area (TPSA) is 251 Å². The minimum atomic E-state index is -1.10. The van der Waals surface area contributed by atoms with Crippen LogP contribution >= 0.6 is 0 Å². The number of urea groups is 1. The van der Waals surface area contributed by atoms with Crippen LogP contribution in [0.15, 0.2) is 9.52 Å². The smallest absolute Gasteiger partial charge is 0.316 e. The lowest BCUT2D eigenvalue weighted by Gasteiger charge is -2.17. The van der Waals surface area contributed by atoms with Crippen molar-refractivity contribution in [3.05, 3.63) is 11.7 Å². The van der Waals surface area contributed by atoms with E-state index in [-0.39, 0.29) is 31.5 Å². The van der Waals surface area contributed by atoms with Crippen molar-refractivity contribution in [1.29, 1.82) is 0 Å². The van der Waals surface area contributed by atoms with Crippen molar-refractivity contribution in [2.45, 2.75) is 51.7 Å². The van der Waals surface area contributed by atoms with Crippen molar-refractivity contribution in [3.63, 3.8) is 0 Å².